The zero-order valence-corrected chi connectivity index (χ0v) is 16.4. The summed E-state index contributed by atoms with van der Waals surface area (Å²) in [4.78, 5) is 4.68. The summed E-state index contributed by atoms with van der Waals surface area (Å²) in [7, 11) is 1.66. The van der Waals surface area contributed by atoms with E-state index in [9.17, 15) is 0 Å². The fourth-order valence-corrected chi connectivity index (χ4v) is 3.32. The molecule has 30 heavy (non-hydrogen) atoms. The Morgan fingerprint density at radius 2 is 1.83 bits per heavy atom. The molecule has 0 aliphatic rings. The molecule has 5 rings (SSSR count). The Kier molecular flexibility index (Phi) is 4.57. The van der Waals surface area contributed by atoms with E-state index in [-0.39, 0.29) is 0 Å². The number of nitrogens with one attached hydrogen (secondary N) is 1. The van der Waals surface area contributed by atoms with Crippen LogP contribution in [-0.4, -0.2) is 33.3 Å². The molecule has 5 aromatic rings. The predicted molar refractivity (Wildman–Crippen MR) is 119 cm³/mol. The molecule has 0 spiro atoms. The number of rotatable bonds is 5. The van der Waals surface area contributed by atoms with Gasteiger partial charge in [-0.2, -0.15) is 10.2 Å². The first-order valence-electron chi connectivity index (χ1n) is 9.57. The monoisotopic (exact) mass is 393 g/mol. The van der Waals surface area contributed by atoms with Gasteiger partial charge in [0, 0.05) is 28.9 Å². The van der Waals surface area contributed by atoms with Crippen LogP contribution < -0.4 is 4.74 Å². The van der Waals surface area contributed by atoms with Gasteiger partial charge in [0.15, 0.2) is 0 Å². The van der Waals surface area contributed by atoms with E-state index in [2.05, 4.69) is 15.2 Å². The highest BCUT2D eigenvalue weighted by Gasteiger charge is 2.11. The third-order valence-corrected chi connectivity index (χ3v) is 4.90. The fraction of sp³-hybridized carbons (Fsp3) is 0.0417. The summed E-state index contributed by atoms with van der Waals surface area (Å²) < 4.78 is 7.16. The highest BCUT2D eigenvalue weighted by atomic mass is 16.5. The Hall–Kier alpha value is -4.19. The quantitative estimate of drug-likeness (QED) is 0.419. The van der Waals surface area contributed by atoms with E-state index in [0.29, 0.717) is 0 Å². The molecule has 0 aliphatic heterocycles. The van der Waals surface area contributed by atoms with Crippen LogP contribution in [0.4, 0.5) is 5.69 Å². The highest BCUT2D eigenvalue weighted by Crippen LogP contribution is 2.26. The number of methoxy groups -OCH3 is 1. The molecule has 0 aliphatic carbocycles. The number of aromatic nitrogens is 4. The molecule has 2 heterocycles. The normalized spacial score (nSPS) is 11.4. The van der Waals surface area contributed by atoms with E-state index >= 15 is 0 Å². The number of nitrogens with zero attached hydrogens (tertiary/aromatic N) is 4. The van der Waals surface area contributed by atoms with Crippen LogP contribution in [0.25, 0.3) is 27.8 Å². The van der Waals surface area contributed by atoms with Crippen molar-refractivity contribution in [1.82, 2.24) is 20.0 Å². The molecule has 0 fully saturated rings. The Balaban J connectivity index is 1.56. The van der Waals surface area contributed by atoms with Crippen molar-refractivity contribution in [2.45, 2.75) is 0 Å². The topological polar surface area (TPSA) is 68.1 Å². The first-order chi connectivity index (χ1) is 14.8. The first kappa shape index (κ1) is 17.9. The maximum Gasteiger partial charge on any atom is 0.118 e. The Morgan fingerprint density at radius 1 is 1.00 bits per heavy atom. The van der Waals surface area contributed by atoms with Crippen molar-refractivity contribution in [3.63, 3.8) is 0 Å². The van der Waals surface area contributed by atoms with Crippen LogP contribution in [0.5, 0.6) is 5.75 Å². The SMILES string of the molecule is COc1ccc(-c2nn(-c3ccccc3)cc2C=Nc2ccc3cn[nH]c3c2)cc1. The van der Waals surface area contributed by atoms with Gasteiger partial charge in [-0.05, 0) is 54.6 Å². The highest BCUT2D eigenvalue weighted by molar-refractivity contribution is 5.91. The van der Waals surface area contributed by atoms with Crippen LogP contribution in [-0.2, 0) is 0 Å². The van der Waals surface area contributed by atoms with E-state index in [4.69, 9.17) is 9.84 Å². The number of hydrogen-bond acceptors (Lipinski definition) is 4. The van der Waals surface area contributed by atoms with Gasteiger partial charge in [-0.1, -0.05) is 18.2 Å². The van der Waals surface area contributed by atoms with Gasteiger partial charge in [0.25, 0.3) is 0 Å². The third kappa shape index (κ3) is 3.46. The van der Waals surface area contributed by atoms with Gasteiger partial charge in [-0.25, -0.2) is 4.68 Å². The minimum Gasteiger partial charge on any atom is -0.497 e. The number of aliphatic imine (C=N–C) groups is 1. The molecular weight excluding hydrogens is 374 g/mol. The molecule has 0 radical (unpaired) electrons. The summed E-state index contributed by atoms with van der Waals surface area (Å²) in [5.41, 5.74) is 5.57. The van der Waals surface area contributed by atoms with Crippen molar-refractivity contribution < 1.29 is 4.74 Å². The van der Waals surface area contributed by atoms with Gasteiger partial charge in [-0.3, -0.25) is 10.1 Å². The summed E-state index contributed by atoms with van der Waals surface area (Å²) in [5, 5.41) is 12.9. The van der Waals surface area contributed by atoms with Gasteiger partial charge in [-0.15, -0.1) is 0 Å². The van der Waals surface area contributed by atoms with Gasteiger partial charge < -0.3 is 4.74 Å². The van der Waals surface area contributed by atoms with Crippen molar-refractivity contribution in [2.24, 2.45) is 4.99 Å². The van der Waals surface area contributed by atoms with Crippen LogP contribution in [0, 0.1) is 0 Å². The summed E-state index contributed by atoms with van der Waals surface area (Å²) in [6, 6.07) is 23.9. The number of para-hydroxylation sites is 1. The lowest BCUT2D eigenvalue weighted by molar-refractivity contribution is 0.415. The van der Waals surface area contributed by atoms with E-state index in [0.717, 1.165) is 44.8 Å². The van der Waals surface area contributed by atoms with Crippen molar-refractivity contribution >= 4 is 22.8 Å². The molecular formula is C24H19N5O. The van der Waals surface area contributed by atoms with E-state index in [1.165, 1.54) is 0 Å². The Morgan fingerprint density at radius 3 is 2.63 bits per heavy atom. The molecule has 0 saturated heterocycles. The number of fused-ring (bicyclic) bond motifs is 1. The van der Waals surface area contributed by atoms with Crippen LogP contribution in [0.3, 0.4) is 0 Å². The van der Waals surface area contributed by atoms with Gasteiger partial charge in [0.05, 0.1) is 30.2 Å². The van der Waals surface area contributed by atoms with Gasteiger partial charge in [0.2, 0.25) is 0 Å². The largest absolute Gasteiger partial charge is 0.497 e. The summed E-state index contributed by atoms with van der Waals surface area (Å²) in [6.07, 6.45) is 5.64. The lowest BCUT2D eigenvalue weighted by atomic mass is 10.1. The smallest absolute Gasteiger partial charge is 0.118 e. The third-order valence-electron chi connectivity index (χ3n) is 4.90. The second-order valence-electron chi connectivity index (χ2n) is 6.84. The average molecular weight is 393 g/mol. The van der Waals surface area contributed by atoms with Crippen LogP contribution in [0.1, 0.15) is 5.56 Å². The van der Waals surface area contributed by atoms with Gasteiger partial charge >= 0.3 is 0 Å². The molecule has 6 nitrogen and oxygen atoms in total. The number of ether oxygens (including phenoxy) is 1. The van der Waals surface area contributed by atoms with Crippen molar-refractivity contribution in [1.29, 1.82) is 0 Å². The Bertz CT molecular complexity index is 1320. The van der Waals surface area contributed by atoms with Crippen LogP contribution in [0.2, 0.25) is 0 Å². The molecule has 0 bridgehead atoms. The molecule has 1 N–H and O–H groups in total. The zero-order chi connectivity index (χ0) is 20.3. The maximum atomic E-state index is 5.28. The summed E-state index contributed by atoms with van der Waals surface area (Å²) in [5.74, 6) is 0.810. The minimum absolute atomic E-state index is 0.810. The zero-order valence-electron chi connectivity index (χ0n) is 16.4. The molecule has 146 valence electrons. The fourth-order valence-electron chi connectivity index (χ4n) is 3.32. The lowest BCUT2D eigenvalue weighted by Crippen LogP contribution is -1.94. The first-order valence-corrected chi connectivity index (χ1v) is 9.57. The number of H-pyrrole nitrogens is 1. The molecule has 6 heteroatoms. The number of aromatic amines is 1. The Labute approximate surface area is 173 Å². The summed E-state index contributed by atoms with van der Waals surface area (Å²) in [6.45, 7) is 0. The van der Waals surface area contributed by atoms with E-state index in [1.807, 2.05) is 89.9 Å². The predicted octanol–water partition coefficient (Wildman–Crippen LogP) is 5.17. The average Bonchev–Trinajstić information content (AvgIpc) is 3.45. The molecule has 0 unspecified atom stereocenters. The van der Waals surface area contributed by atoms with Crippen LogP contribution >= 0.6 is 0 Å². The molecule has 0 amide bonds. The molecule has 2 aromatic heterocycles. The van der Waals surface area contributed by atoms with Crippen molar-refractivity contribution in [3.8, 4) is 22.7 Å². The lowest BCUT2D eigenvalue weighted by Gasteiger charge is -2.02. The molecule has 3 aromatic carbocycles. The standard InChI is InChI=1S/C24H19N5O/c1-30-22-11-8-17(9-12-22)24-19(16-29(28-24)21-5-3-2-4-6-21)14-25-20-10-7-18-15-26-27-23(18)13-20/h2-16H,1H3,(H,26,27). The van der Waals surface area contributed by atoms with E-state index in [1.54, 1.807) is 13.3 Å². The van der Waals surface area contributed by atoms with Crippen molar-refractivity contribution in [3.05, 3.63) is 90.8 Å². The summed E-state index contributed by atoms with van der Waals surface area (Å²) >= 11 is 0. The second-order valence-corrected chi connectivity index (χ2v) is 6.84. The van der Waals surface area contributed by atoms with Crippen molar-refractivity contribution in [2.75, 3.05) is 7.11 Å². The number of benzene rings is 3. The molecule has 0 saturated carbocycles. The van der Waals surface area contributed by atoms with Gasteiger partial charge in [0.1, 0.15) is 11.4 Å². The second kappa shape index (κ2) is 7.67. The van der Waals surface area contributed by atoms with E-state index < -0.39 is 0 Å². The maximum absolute atomic E-state index is 5.28. The minimum atomic E-state index is 0.810. The molecule has 0 atom stereocenters. The van der Waals surface area contributed by atoms with Crippen LogP contribution in [0.15, 0.2) is 90.2 Å². The number of hydrogen-bond donors (Lipinski definition) is 1.